The zero-order valence-corrected chi connectivity index (χ0v) is 10.9. The van der Waals surface area contributed by atoms with Crippen molar-refractivity contribution in [3.8, 4) is 0 Å². The summed E-state index contributed by atoms with van der Waals surface area (Å²) in [6.45, 7) is 9.89. The first-order valence-corrected chi connectivity index (χ1v) is 9.63. The molecule has 0 amide bonds. The maximum Gasteiger partial charge on any atom is 0.0476 e. The minimum Gasteiger partial charge on any atom is -0.0693 e. The Morgan fingerprint density at radius 1 is 1.08 bits per heavy atom. The van der Waals surface area contributed by atoms with Crippen molar-refractivity contribution in [3.63, 3.8) is 0 Å². The van der Waals surface area contributed by atoms with Gasteiger partial charge in [-0.1, -0.05) is 58.7 Å². The van der Waals surface area contributed by atoms with Gasteiger partial charge in [0.15, 0.2) is 0 Å². The van der Waals surface area contributed by atoms with Crippen LogP contribution in [0.1, 0.15) is 45.4 Å². The normalized spacial score (nSPS) is 27.7. The summed E-state index contributed by atoms with van der Waals surface area (Å²) in [7, 11) is -0.755. The largest absolute Gasteiger partial charge is 0.0693 e. The fourth-order valence-corrected chi connectivity index (χ4v) is 5.05. The van der Waals surface area contributed by atoms with Crippen LogP contribution in [0.4, 0.5) is 0 Å². The first-order chi connectivity index (χ1) is 6.05. The molecule has 1 aliphatic carbocycles. The highest BCUT2D eigenvalue weighted by Gasteiger charge is 2.44. The lowest BCUT2D eigenvalue weighted by molar-refractivity contribution is 0.596. The summed E-state index contributed by atoms with van der Waals surface area (Å²) in [4.78, 5) is 0. The van der Waals surface area contributed by atoms with E-state index in [0.29, 0.717) is 0 Å². The van der Waals surface area contributed by atoms with Crippen LogP contribution in [-0.2, 0) is 0 Å². The van der Waals surface area contributed by atoms with Crippen molar-refractivity contribution in [1.29, 1.82) is 0 Å². The molecule has 2 unspecified atom stereocenters. The molecule has 0 N–H and O–H groups in total. The minimum absolute atomic E-state index is 0.755. The van der Waals surface area contributed by atoms with E-state index in [2.05, 4.69) is 26.6 Å². The molecule has 13 heavy (non-hydrogen) atoms. The summed E-state index contributed by atoms with van der Waals surface area (Å²) in [5, 5.41) is 0. The summed E-state index contributed by atoms with van der Waals surface area (Å²) >= 11 is 0. The van der Waals surface area contributed by atoms with E-state index < -0.39 is 8.07 Å². The van der Waals surface area contributed by atoms with Gasteiger partial charge >= 0.3 is 0 Å². The Balaban J connectivity index is 2.01. The van der Waals surface area contributed by atoms with Gasteiger partial charge in [-0.3, -0.25) is 0 Å². The van der Waals surface area contributed by atoms with Crippen LogP contribution in [0.3, 0.4) is 0 Å². The third-order valence-corrected chi connectivity index (χ3v) is 6.40. The molecule has 0 bridgehead atoms. The van der Waals surface area contributed by atoms with Gasteiger partial charge in [0.05, 0.1) is 0 Å². The van der Waals surface area contributed by atoms with Crippen molar-refractivity contribution in [2.75, 3.05) is 0 Å². The van der Waals surface area contributed by atoms with E-state index in [4.69, 9.17) is 0 Å². The fraction of sp³-hybridized carbons (Fsp3) is 1.00. The highest BCUT2D eigenvalue weighted by molar-refractivity contribution is 6.78. The molecule has 0 radical (unpaired) electrons. The Hall–Kier alpha value is 0.217. The van der Waals surface area contributed by atoms with E-state index in [9.17, 15) is 0 Å². The zero-order valence-electron chi connectivity index (χ0n) is 9.90. The van der Waals surface area contributed by atoms with Crippen LogP contribution in [0.15, 0.2) is 0 Å². The van der Waals surface area contributed by atoms with E-state index in [-0.39, 0.29) is 0 Å². The third-order valence-electron chi connectivity index (χ3n) is 3.46. The molecule has 1 saturated carbocycles. The molecule has 0 aliphatic heterocycles. The number of hydrogen-bond acceptors (Lipinski definition) is 0. The third kappa shape index (κ3) is 3.84. The summed E-state index contributed by atoms with van der Waals surface area (Å²) in [5.74, 6) is 1.14. The summed E-state index contributed by atoms with van der Waals surface area (Å²) in [6, 6.07) is 0. The van der Waals surface area contributed by atoms with Crippen LogP contribution in [0.5, 0.6) is 0 Å². The molecule has 1 aliphatic rings. The smallest absolute Gasteiger partial charge is 0.0476 e. The second-order valence-electron chi connectivity index (χ2n) is 5.82. The van der Waals surface area contributed by atoms with Crippen LogP contribution in [0.2, 0.25) is 25.2 Å². The molecular weight excluding hydrogens is 172 g/mol. The fourth-order valence-electron chi connectivity index (χ4n) is 2.46. The quantitative estimate of drug-likeness (QED) is 0.429. The number of unbranched alkanes of at least 4 members (excludes halogenated alkanes) is 3. The molecule has 0 nitrogen and oxygen atoms in total. The minimum atomic E-state index is -0.755. The molecule has 0 heterocycles. The van der Waals surface area contributed by atoms with Crippen molar-refractivity contribution >= 4 is 8.07 Å². The monoisotopic (exact) mass is 198 g/mol. The molecule has 1 rings (SSSR count). The maximum absolute atomic E-state index is 2.53. The number of rotatable bonds is 6. The molecule has 78 valence electrons. The summed E-state index contributed by atoms with van der Waals surface area (Å²) in [5.41, 5.74) is 1.18. The van der Waals surface area contributed by atoms with E-state index in [1.807, 2.05) is 0 Å². The zero-order chi connectivity index (χ0) is 9.90. The second kappa shape index (κ2) is 4.63. The molecule has 1 heteroatoms. The molecule has 0 spiro atoms. The molecule has 0 aromatic rings. The van der Waals surface area contributed by atoms with Gasteiger partial charge in [0, 0.05) is 8.07 Å². The standard InChI is InChI=1S/C12H26Si/c1-5-6-7-8-9-11-10-12(11)13(2,3)4/h11-12H,5-10H2,1-4H3. The van der Waals surface area contributed by atoms with Crippen LogP contribution < -0.4 is 0 Å². The Morgan fingerprint density at radius 3 is 2.23 bits per heavy atom. The van der Waals surface area contributed by atoms with Gasteiger partial charge in [-0.15, -0.1) is 0 Å². The van der Waals surface area contributed by atoms with Crippen molar-refractivity contribution in [2.24, 2.45) is 5.92 Å². The first kappa shape index (κ1) is 11.3. The highest BCUT2D eigenvalue weighted by atomic mass is 28.3. The molecule has 0 saturated heterocycles. The van der Waals surface area contributed by atoms with Crippen LogP contribution in [-0.4, -0.2) is 8.07 Å². The van der Waals surface area contributed by atoms with E-state index in [0.717, 1.165) is 5.92 Å². The van der Waals surface area contributed by atoms with Crippen LogP contribution in [0, 0.1) is 5.92 Å². The lowest BCUT2D eigenvalue weighted by Crippen LogP contribution is -2.20. The van der Waals surface area contributed by atoms with Gasteiger partial charge < -0.3 is 0 Å². The Bertz CT molecular complexity index is 146. The summed E-state index contributed by atoms with van der Waals surface area (Å²) < 4.78 is 0. The average Bonchev–Trinajstić information content (AvgIpc) is 2.76. The van der Waals surface area contributed by atoms with Gasteiger partial charge in [-0.25, -0.2) is 0 Å². The predicted molar refractivity (Wildman–Crippen MR) is 64.0 cm³/mol. The topological polar surface area (TPSA) is 0 Å². The SMILES string of the molecule is CCCCCCC1CC1[Si](C)(C)C. The van der Waals surface area contributed by atoms with Gasteiger partial charge in [0.1, 0.15) is 0 Å². The van der Waals surface area contributed by atoms with Crippen LogP contribution >= 0.6 is 0 Å². The molecule has 0 aromatic carbocycles. The molecule has 0 aromatic heterocycles. The highest BCUT2D eigenvalue weighted by Crippen LogP contribution is 2.54. The Morgan fingerprint density at radius 2 is 1.77 bits per heavy atom. The van der Waals surface area contributed by atoms with Gasteiger partial charge in [-0.2, -0.15) is 0 Å². The summed E-state index contributed by atoms with van der Waals surface area (Å²) in [6.07, 6.45) is 8.91. The van der Waals surface area contributed by atoms with Crippen molar-refractivity contribution in [2.45, 2.75) is 70.6 Å². The van der Waals surface area contributed by atoms with E-state index >= 15 is 0 Å². The van der Waals surface area contributed by atoms with Crippen molar-refractivity contribution < 1.29 is 0 Å². The average molecular weight is 198 g/mol. The predicted octanol–water partition coefficient (Wildman–Crippen LogP) is 4.69. The molecule has 1 fully saturated rings. The van der Waals surface area contributed by atoms with Gasteiger partial charge in [0.2, 0.25) is 0 Å². The first-order valence-electron chi connectivity index (χ1n) is 6.05. The Labute approximate surface area is 85.1 Å². The molecular formula is C12H26Si. The van der Waals surface area contributed by atoms with Gasteiger partial charge in [-0.05, 0) is 17.9 Å². The van der Waals surface area contributed by atoms with Crippen molar-refractivity contribution in [3.05, 3.63) is 0 Å². The maximum atomic E-state index is 2.53. The lowest BCUT2D eigenvalue weighted by Gasteiger charge is -2.15. The second-order valence-corrected chi connectivity index (χ2v) is 11.3. The lowest BCUT2D eigenvalue weighted by atomic mass is 10.1. The van der Waals surface area contributed by atoms with E-state index in [1.165, 1.54) is 37.6 Å². The Kier molecular flexibility index (Phi) is 4.02. The van der Waals surface area contributed by atoms with Crippen molar-refractivity contribution in [1.82, 2.24) is 0 Å². The molecule has 2 atom stereocenters. The van der Waals surface area contributed by atoms with Crippen LogP contribution in [0.25, 0.3) is 0 Å². The van der Waals surface area contributed by atoms with Gasteiger partial charge in [0.25, 0.3) is 0 Å². The number of hydrogen-bond donors (Lipinski definition) is 0. The van der Waals surface area contributed by atoms with E-state index in [1.54, 1.807) is 6.42 Å².